The number of carbonyl (C=O) groups is 1. The van der Waals surface area contributed by atoms with Gasteiger partial charge >= 0.3 is 5.97 Å². The summed E-state index contributed by atoms with van der Waals surface area (Å²) in [6.07, 6.45) is 3.69. The van der Waals surface area contributed by atoms with Gasteiger partial charge in [0.2, 0.25) is 0 Å². The second-order valence-corrected chi connectivity index (χ2v) is 6.22. The Morgan fingerprint density at radius 1 is 1.33 bits per heavy atom. The minimum Gasteiger partial charge on any atom is -0.466 e. The fourth-order valence-electron chi connectivity index (χ4n) is 2.01. The number of thioether (sulfide) groups is 1. The molecule has 1 N–H and O–H groups in total. The van der Waals surface area contributed by atoms with Gasteiger partial charge in [0.15, 0.2) is 0 Å². The number of hydrogen-bond donors (Lipinski definition) is 1. The third kappa shape index (κ3) is 7.53. The third-order valence-electron chi connectivity index (χ3n) is 3.39. The van der Waals surface area contributed by atoms with Crippen molar-refractivity contribution in [2.45, 2.75) is 50.5 Å². The Morgan fingerprint density at radius 2 is 2.14 bits per heavy atom. The lowest BCUT2D eigenvalue weighted by molar-refractivity contribution is -0.143. The van der Waals surface area contributed by atoms with E-state index in [1.54, 1.807) is 0 Å². The minimum atomic E-state index is -0.0705. The van der Waals surface area contributed by atoms with Crippen LogP contribution in [0, 0.1) is 0 Å². The van der Waals surface area contributed by atoms with Crippen LogP contribution in [0.1, 0.15) is 51.1 Å². The molecule has 0 fully saturated rings. The van der Waals surface area contributed by atoms with E-state index >= 15 is 0 Å². The van der Waals surface area contributed by atoms with E-state index in [-0.39, 0.29) is 5.97 Å². The molecule has 0 bridgehead atoms. The molecule has 0 heterocycles. The van der Waals surface area contributed by atoms with Crippen LogP contribution in [0.3, 0.4) is 0 Å². The highest BCUT2D eigenvalue weighted by Crippen LogP contribution is 2.23. The summed E-state index contributed by atoms with van der Waals surface area (Å²) in [6, 6.07) is 9.08. The number of hydrogen-bond acceptors (Lipinski definition) is 4. The molecule has 0 radical (unpaired) electrons. The molecule has 118 valence electrons. The molecule has 0 aliphatic heterocycles. The van der Waals surface area contributed by atoms with Gasteiger partial charge in [-0.2, -0.15) is 0 Å². The molecular formula is C17H27NO2S. The Kier molecular flexibility index (Phi) is 9.19. The molecule has 1 unspecified atom stereocenters. The van der Waals surface area contributed by atoms with Crippen LogP contribution in [0.25, 0.3) is 0 Å². The molecule has 4 heteroatoms. The van der Waals surface area contributed by atoms with E-state index in [4.69, 9.17) is 4.74 Å². The number of rotatable bonds is 10. The maximum absolute atomic E-state index is 11.2. The molecule has 0 amide bonds. The molecular weight excluding hydrogens is 282 g/mol. The van der Waals surface area contributed by atoms with Crippen LogP contribution in [0.4, 0.5) is 0 Å². The SMILES string of the molecule is CCOC(=O)CCCCCSc1cccc(C(C)NC)c1. The quantitative estimate of drug-likeness (QED) is 0.400. The molecule has 0 spiro atoms. The van der Waals surface area contributed by atoms with Gasteiger partial charge in [-0.3, -0.25) is 4.79 Å². The molecule has 0 aliphatic rings. The number of ether oxygens (including phenoxy) is 1. The zero-order valence-corrected chi connectivity index (χ0v) is 14.2. The number of unbranched alkanes of at least 4 members (excludes halogenated alkanes) is 2. The maximum atomic E-state index is 11.2. The molecule has 1 atom stereocenters. The summed E-state index contributed by atoms with van der Waals surface area (Å²) < 4.78 is 4.91. The average Bonchev–Trinajstić information content (AvgIpc) is 2.50. The van der Waals surface area contributed by atoms with Crippen LogP contribution in [-0.2, 0) is 9.53 Å². The van der Waals surface area contributed by atoms with Crippen LogP contribution >= 0.6 is 11.8 Å². The Morgan fingerprint density at radius 3 is 2.86 bits per heavy atom. The van der Waals surface area contributed by atoms with E-state index in [0.29, 0.717) is 19.1 Å². The van der Waals surface area contributed by atoms with E-state index in [2.05, 4.69) is 36.5 Å². The van der Waals surface area contributed by atoms with Crippen molar-refractivity contribution in [2.75, 3.05) is 19.4 Å². The highest BCUT2D eigenvalue weighted by Gasteiger charge is 2.04. The van der Waals surface area contributed by atoms with Crippen molar-refractivity contribution in [1.29, 1.82) is 0 Å². The predicted octanol–water partition coefficient (Wildman–Crippen LogP) is 4.18. The Hall–Kier alpha value is -1.00. The summed E-state index contributed by atoms with van der Waals surface area (Å²) in [5.41, 5.74) is 1.32. The normalized spacial score (nSPS) is 12.1. The van der Waals surface area contributed by atoms with Crippen LogP contribution in [0.5, 0.6) is 0 Å². The average molecular weight is 309 g/mol. The summed E-state index contributed by atoms with van der Waals surface area (Å²) in [7, 11) is 1.98. The summed E-state index contributed by atoms with van der Waals surface area (Å²) in [6.45, 7) is 4.49. The zero-order chi connectivity index (χ0) is 15.5. The topological polar surface area (TPSA) is 38.3 Å². The molecule has 0 saturated heterocycles. The maximum Gasteiger partial charge on any atom is 0.305 e. The molecule has 21 heavy (non-hydrogen) atoms. The van der Waals surface area contributed by atoms with Gasteiger partial charge in [0.25, 0.3) is 0 Å². The van der Waals surface area contributed by atoms with Crippen molar-refractivity contribution < 1.29 is 9.53 Å². The van der Waals surface area contributed by atoms with Gasteiger partial charge in [0.1, 0.15) is 0 Å². The Labute approximate surface area is 132 Å². The zero-order valence-electron chi connectivity index (χ0n) is 13.4. The van der Waals surface area contributed by atoms with Gasteiger partial charge in [0.05, 0.1) is 6.61 Å². The van der Waals surface area contributed by atoms with E-state index in [9.17, 15) is 4.79 Å². The lowest BCUT2D eigenvalue weighted by atomic mass is 10.1. The van der Waals surface area contributed by atoms with Crippen LogP contribution in [-0.4, -0.2) is 25.4 Å². The van der Waals surface area contributed by atoms with E-state index in [1.807, 2.05) is 25.7 Å². The van der Waals surface area contributed by atoms with E-state index < -0.39 is 0 Å². The number of carbonyl (C=O) groups excluding carboxylic acids is 1. The fourth-order valence-corrected chi connectivity index (χ4v) is 2.99. The second kappa shape index (κ2) is 10.7. The van der Waals surface area contributed by atoms with Crippen molar-refractivity contribution >= 4 is 17.7 Å². The van der Waals surface area contributed by atoms with Crippen molar-refractivity contribution in [3.05, 3.63) is 29.8 Å². The summed E-state index contributed by atoms with van der Waals surface area (Å²) in [4.78, 5) is 12.5. The highest BCUT2D eigenvalue weighted by atomic mass is 32.2. The molecule has 1 aromatic rings. The number of nitrogens with one attached hydrogen (secondary N) is 1. The van der Waals surface area contributed by atoms with Crippen LogP contribution < -0.4 is 5.32 Å². The number of benzene rings is 1. The molecule has 0 aliphatic carbocycles. The van der Waals surface area contributed by atoms with Crippen molar-refractivity contribution in [3.63, 3.8) is 0 Å². The van der Waals surface area contributed by atoms with Gasteiger partial charge < -0.3 is 10.1 Å². The van der Waals surface area contributed by atoms with Gasteiger partial charge in [-0.15, -0.1) is 11.8 Å². The molecule has 0 aromatic heterocycles. The monoisotopic (exact) mass is 309 g/mol. The fraction of sp³-hybridized carbons (Fsp3) is 0.588. The molecule has 0 saturated carbocycles. The Bertz CT molecular complexity index is 423. The smallest absolute Gasteiger partial charge is 0.305 e. The van der Waals surface area contributed by atoms with Crippen LogP contribution in [0.2, 0.25) is 0 Å². The lowest BCUT2D eigenvalue weighted by Crippen LogP contribution is -2.11. The first-order valence-corrected chi connectivity index (χ1v) is 8.71. The third-order valence-corrected chi connectivity index (χ3v) is 4.47. The molecule has 3 nitrogen and oxygen atoms in total. The van der Waals surface area contributed by atoms with Gasteiger partial charge in [-0.05, 0) is 57.2 Å². The second-order valence-electron chi connectivity index (χ2n) is 5.05. The van der Waals surface area contributed by atoms with Gasteiger partial charge in [0, 0.05) is 17.4 Å². The first-order chi connectivity index (χ1) is 10.2. The summed E-state index contributed by atoms with van der Waals surface area (Å²) in [5, 5.41) is 3.26. The van der Waals surface area contributed by atoms with Crippen molar-refractivity contribution in [3.8, 4) is 0 Å². The minimum absolute atomic E-state index is 0.0705. The molecule has 1 rings (SSSR count). The summed E-state index contributed by atoms with van der Waals surface area (Å²) in [5.74, 6) is 1.03. The molecule has 1 aromatic carbocycles. The van der Waals surface area contributed by atoms with Gasteiger partial charge in [-0.25, -0.2) is 0 Å². The van der Waals surface area contributed by atoms with Gasteiger partial charge in [-0.1, -0.05) is 18.6 Å². The van der Waals surface area contributed by atoms with Crippen LogP contribution in [0.15, 0.2) is 29.2 Å². The highest BCUT2D eigenvalue weighted by molar-refractivity contribution is 7.99. The Balaban J connectivity index is 2.19. The first-order valence-electron chi connectivity index (χ1n) is 7.73. The van der Waals surface area contributed by atoms with Crippen molar-refractivity contribution in [1.82, 2.24) is 5.32 Å². The predicted molar refractivity (Wildman–Crippen MR) is 89.7 cm³/mol. The first kappa shape index (κ1) is 18.1. The van der Waals surface area contributed by atoms with Crippen molar-refractivity contribution in [2.24, 2.45) is 0 Å². The summed E-state index contributed by atoms with van der Waals surface area (Å²) >= 11 is 1.89. The number of esters is 1. The van der Waals surface area contributed by atoms with E-state index in [1.165, 1.54) is 10.5 Å². The largest absolute Gasteiger partial charge is 0.466 e. The standard InChI is InChI=1S/C17H27NO2S/c1-4-20-17(19)11-6-5-7-12-21-16-10-8-9-15(13-16)14(2)18-3/h8-10,13-14,18H,4-7,11-12H2,1-3H3. The lowest BCUT2D eigenvalue weighted by Gasteiger charge is -2.11. The van der Waals surface area contributed by atoms with E-state index in [0.717, 1.165) is 25.0 Å².